The molecule has 110 valence electrons. The maximum atomic E-state index is 11.8. The van der Waals surface area contributed by atoms with E-state index in [4.69, 9.17) is 0 Å². The third-order valence-corrected chi connectivity index (χ3v) is 3.40. The van der Waals surface area contributed by atoms with Crippen LogP contribution in [-0.2, 0) is 11.3 Å². The van der Waals surface area contributed by atoms with Crippen molar-refractivity contribution in [2.24, 2.45) is 0 Å². The minimum atomic E-state index is 0.118. The molecule has 0 spiro atoms. The van der Waals surface area contributed by atoms with Crippen LogP contribution >= 0.6 is 0 Å². The summed E-state index contributed by atoms with van der Waals surface area (Å²) in [6, 6.07) is 0. The minimum Gasteiger partial charge on any atom is -0.370 e. The fourth-order valence-corrected chi connectivity index (χ4v) is 2.37. The van der Waals surface area contributed by atoms with Gasteiger partial charge in [0.05, 0.1) is 23.8 Å². The Morgan fingerprint density at radius 3 is 2.86 bits per heavy atom. The van der Waals surface area contributed by atoms with Gasteiger partial charge in [-0.25, -0.2) is 4.98 Å². The average molecular weight is 287 g/mol. The van der Waals surface area contributed by atoms with Gasteiger partial charge in [-0.2, -0.15) is 9.90 Å². The third kappa shape index (κ3) is 2.69. The lowest BCUT2D eigenvalue weighted by Gasteiger charge is -2.16. The molecule has 3 heterocycles. The fraction of sp³-hybridized carbons (Fsp3) is 0.462. The van der Waals surface area contributed by atoms with Gasteiger partial charge in [0.1, 0.15) is 6.54 Å². The van der Waals surface area contributed by atoms with Gasteiger partial charge in [0.15, 0.2) is 11.6 Å². The van der Waals surface area contributed by atoms with Crippen LogP contribution in [0.4, 0.5) is 11.6 Å². The molecule has 1 aliphatic rings. The highest BCUT2D eigenvalue weighted by Crippen LogP contribution is 2.21. The molecule has 1 fully saturated rings. The molecule has 1 saturated heterocycles. The molecule has 2 aromatic heterocycles. The molecule has 0 atom stereocenters. The van der Waals surface area contributed by atoms with Gasteiger partial charge < -0.3 is 5.32 Å². The molecule has 0 saturated carbocycles. The predicted octanol–water partition coefficient (Wildman–Crippen LogP) is 0.593. The number of carbonyl (C=O) groups excluding carboxylic acids is 1. The highest BCUT2D eigenvalue weighted by Gasteiger charge is 2.24. The number of amides is 1. The molecule has 0 unspecified atom stereocenters. The molecule has 0 bridgehead atoms. The van der Waals surface area contributed by atoms with Crippen LogP contribution in [0.2, 0.25) is 0 Å². The Kier molecular flexibility index (Phi) is 3.51. The average Bonchev–Trinajstić information content (AvgIpc) is 3.08. The first-order valence-corrected chi connectivity index (χ1v) is 6.88. The number of hydrogen-bond acceptors (Lipinski definition) is 6. The Labute approximate surface area is 122 Å². The summed E-state index contributed by atoms with van der Waals surface area (Å²) in [4.78, 5) is 23.9. The van der Waals surface area contributed by atoms with Crippen LogP contribution in [-0.4, -0.2) is 44.5 Å². The van der Waals surface area contributed by atoms with E-state index in [1.165, 1.54) is 0 Å². The maximum absolute atomic E-state index is 11.8. The largest absolute Gasteiger partial charge is 0.370 e. The van der Waals surface area contributed by atoms with Crippen LogP contribution in [0.3, 0.4) is 0 Å². The molecule has 3 rings (SSSR count). The van der Waals surface area contributed by atoms with Crippen LogP contribution in [0.15, 0.2) is 12.4 Å². The van der Waals surface area contributed by atoms with Crippen molar-refractivity contribution < 1.29 is 4.79 Å². The zero-order chi connectivity index (χ0) is 14.8. The van der Waals surface area contributed by atoms with Crippen molar-refractivity contribution in [3.8, 4) is 0 Å². The summed E-state index contributed by atoms with van der Waals surface area (Å²) in [5.41, 5.74) is 1.52. The Morgan fingerprint density at radius 2 is 2.24 bits per heavy atom. The number of aromatic nitrogens is 5. The summed E-state index contributed by atoms with van der Waals surface area (Å²) in [5.74, 6) is 1.48. The van der Waals surface area contributed by atoms with Crippen molar-refractivity contribution in [2.45, 2.75) is 26.3 Å². The van der Waals surface area contributed by atoms with Gasteiger partial charge in [0.25, 0.3) is 0 Å². The molecule has 1 N–H and O–H groups in total. The van der Waals surface area contributed by atoms with Crippen molar-refractivity contribution in [3.63, 3.8) is 0 Å². The van der Waals surface area contributed by atoms with Crippen LogP contribution in [0.25, 0.3) is 0 Å². The molecule has 0 aromatic carbocycles. The molecule has 0 aliphatic carbocycles. The van der Waals surface area contributed by atoms with E-state index in [0.29, 0.717) is 24.6 Å². The van der Waals surface area contributed by atoms with Gasteiger partial charge in [-0.05, 0) is 13.3 Å². The van der Waals surface area contributed by atoms with Gasteiger partial charge in [0, 0.05) is 20.0 Å². The minimum absolute atomic E-state index is 0.118. The van der Waals surface area contributed by atoms with E-state index in [0.717, 1.165) is 24.4 Å². The van der Waals surface area contributed by atoms with Crippen LogP contribution in [0, 0.1) is 6.92 Å². The maximum Gasteiger partial charge on any atom is 0.228 e. The molecular formula is C13H17N7O. The van der Waals surface area contributed by atoms with Gasteiger partial charge in [-0.15, -0.1) is 5.10 Å². The highest BCUT2D eigenvalue weighted by molar-refractivity contribution is 5.94. The quantitative estimate of drug-likeness (QED) is 0.885. The standard InChI is InChI=1S/C13H17N7O/c1-9-13(19-5-3-4-12(19)21)15-6-10(17-9)8-20-16-7-11(14-2)18-20/h6-7H,3-5,8H2,1-2H3,(H,14,18). The lowest BCUT2D eigenvalue weighted by Crippen LogP contribution is -2.26. The van der Waals surface area contributed by atoms with E-state index in [1.54, 1.807) is 29.1 Å². The second-order valence-corrected chi connectivity index (χ2v) is 4.93. The smallest absolute Gasteiger partial charge is 0.228 e. The number of carbonyl (C=O) groups is 1. The number of rotatable bonds is 4. The van der Waals surface area contributed by atoms with E-state index in [1.807, 2.05) is 6.92 Å². The number of nitrogens with zero attached hydrogens (tertiary/aromatic N) is 6. The summed E-state index contributed by atoms with van der Waals surface area (Å²) >= 11 is 0. The van der Waals surface area contributed by atoms with E-state index in [9.17, 15) is 4.79 Å². The summed E-state index contributed by atoms with van der Waals surface area (Å²) in [6.45, 7) is 3.04. The van der Waals surface area contributed by atoms with Crippen LogP contribution in [0.1, 0.15) is 24.2 Å². The molecule has 8 heteroatoms. The fourth-order valence-electron chi connectivity index (χ4n) is 2.37. The molecule has 1 aliphatic heterocycles. The lowest BCUT2D eigenvalue weighted by atomic mass is 10.3. The Hall–Kier alpha value is -2.51. The zero-order valence-electron chi connectivity index (χ0n) is 12.1. The number of aryl methyl sites for hydroxylation is 1. The second-order valence-electron chi connectivity index (χ2n) is 4.93. The third-order valence-electron chi connectivity index (χ3n) is 3.40. The van der Waals surface area contributed by atoms with Crippen LogP contribution in [0.5, 0.6) is 0 Å². The number of hydrogen-bond donors (Lipinski definition) is 1. The molecule has 8 nitrogen and oxygen atoms in total. The van der Waals surface area contributed by atoms with Crippen molar-refractivity contribution in [1.29, 1.82) is 0 Å². The summed E-state index contributed by atoms with van der Waals surface area (Å²) < 4.78 is 0. The summed E-state index contributed by atoms with van der Waals surface area (Å²) in [6.07, 6.45) is 4.80. The van der Waals surface area contributed by atoms with Crippen LogP contribution < -0.4 is 10.2 Å². The van der Waals surface area contributed by atoms with Gasteiger partial charge >= 0.3 is 0 Å². The Balaban J connectivity index is 1.79. The van der Waals surface area contributed by atoms with E-state index in [-0.39, 0.29) is 5.91 Å². The van der Waals surface area contributed by atoms with E-state index < -0.39 is 0 Å². The Bertz CT molecular complexity index is 666. The topological polar surface area (TPSA) is 88.8 Å². The molecule has 0 radical (unpaired) electrons. The highest BCUT2D eigenvalue weighted by atomic mass is 16.2. The lowest BCUT2D eigenvalue weighted by molar-refractivity contribution is -0.117. The predicted molar refractivity (Wildman–Crippen MR) is 77.0 cm³/mol. The van der Waals surface area contributed by atoms with E-state index >= 15 is 0 Å². The van der Waals surface area contributed by atoms with Gasteiger partial charge in [-0.3, -0.25) is 14.7 Å². The summed E-state index contributed by atoms with van der Waals surface area (Å²) in [7, 11) is 1.79. The molecular weight excluding hydrogens is 270 g/mol. The Morgan fingerprint density at radius 1 is 1.38 bits per heavy atom. The first kappa shape index (κ1) is 13.5. The van der Waals surface area contributed by atoms with Gasteiger partial charge in [0.2, 0.25) is 5.91 Å². The van der Waals surface area contributed by atoms with Crippen molar-refractivity contribution in [3.05, 3.63) is 23.8 Å². The molecule has 2 aromatic rings. The van der Waals surface area contributed by atoms with Gasteiger partial charge in [-0.1, -0.05) is 0 Å². The number of nitrogens with one attached hydrogen (secondary N) is 1. The monoisotopic (exact) mass is 287 g/mol. The molecule has 21 heavy (non-hydrogen) atoms. The normalized spacial score (nSPS) is 14.8. The molecule has 1 amide bonds. The van der Waals surface area contributed by atoms with Crippen molar-refractivity contribution in [1.82, 2.24) is 25.0 Å². The number of anilines is 2. The van der Waals surface area contributed by atoms with E-state index in [2.05, 4.69) is 25.5 Å². The first-order valence-electron chi connectivity index (χ1n) is 6.88. The van der Waals surface area contributed by atoms with Crippen molar-refractivity contribution >= 4 is 17.5 Å². The SMILES string of the molecule is CNc1cnn(Cc2cnc(N3CCCC3=O)c(C)n2)n1. The summed E-state index contributed by atoms with van der Waals surface area (Å²) in [5, 5.41) is 11.3. The first-order chi connectivity index (χ1) is 10.2. The second kappa shape index (κ2) is 5.47. The van der Waals surface area contributed by atoms with Crippen molar-refractivity contribution in [2.75, 3.05) is 23.8 Å². The zero-order valence-corrected chi connectivity index (χ0v) is 12.1.